The zero-order valence-corrected chi connectivity index (χ0v) is 34.2. The highest BCUT2D eigenvalue weighted by atomic mass is 19.1. The van der Waals surface area contributed by atoms with E-state index in [1.54, 1.807) is 0 Å². The van der Waals surface area contributed by atoms with Gasteiger partial charge in [0.15, 0.2) is 0 Å². The normalized spacial score (nSPS) is 32.3. The third-order valence-electron chi connectivity index (χ3n) is 15.0. The van der Waals surface area contributed by atoms with Crippen LogP contribution in [0.3, 0.4) is 0 Å². The van der Waals surface area contributed by atoms with E-state index >= 15 is 8.78 Å². The van der Waals surface area contributed by atoms with E-state index in [4.69, 9.17) is 0 Å². The van der Waals surface area contributed by atoms with E-state index in [9.17, 15) is 0 Å². The van der Waals surface area contributed by atoms with Crippen LogP contribution in [0.4, 0.5) is 8.78 Å². The van der Waals surface area contributed by atoms with Crippen LogP contribution < -0.4 is 0 Å². The van der Waals surface area contributed by atoms with E-state index < -0.39 is 11.6 Å². The van der Waals surface area contributed by atoms with E-state index in [2.05, 4.69) is 51.4 Å². The smallest absolute Gasteiger partial charge is 0.143 e. The topological polar surface area (TPSA) is 0 Å². The minimum atomic E-state index is -0.541. The Bertz CT molecular complexity index is 1290. The molecular formula is C50H76F2. The summed E-state index contributed by atoms with van der Waals surface area (Å²) in [5, 5.41) is 0. The standard InChI is InChI=1S/C50H76F2/c1-5-9-11-29-49(32-24-44(25-33-49)42-19-15-39(13-7-3)16-20-42)31-23-41-37-47(51)46(48(52)38-41)28-36-50(30-12-10-6-2)34-26-45(27-35-50)43-21-17-40(14-8-4)18-22-43/h37-40,42-45H,5-22,24-27,29-30,32-35H2,1-4H3. The Balaban J connectivity index is 1.25. The van der Waals surface area contributed by atoms with Crippen molar-refractivity contribution in [2.24, 2.45) is 46.3 Å². The summed E-state index contributed by atoms with van der Waals surface area (Å²) in [5.74, 6) is 17.9. The van der Waals surface area contributed by atoms with Gasteiger partial charge in [-0.1, -0.05) is 141 Å². The summed E-state index contributed by atoms with van der Waals surface area (Å²) in [5.41, 5.74) is 0.290. The number of rotatable bonds is 14. The molecule has 0 unspecified atom stereocenters. The van der Waals surface area contributed by atoms with Crippen molar-refractivity contribution in [1.82, 2.24) is 0 Å². The molecule has 4 saturated carbocycles. The van der Waals surface area contributed by atoms with Gasteiger partial charge in [-0.2, -0.15) is 0 Å². The molecule has 0 saturated heterocycles. The number of benzene rings is 1. The number of hydrogen-bond acceptors (Lipinski definition) is 0. The molecule has 0 nitrogen and oxygen atoms in total. The van der Waals surface area contributed by atoms with E-state index in [1.807, 2.05) is 0 Å². The second kappa shape index (κ2) is 20.8. The highest BCUT2D eigenvalue weighted by Gasteiger charge is 2.39. The van der Waals surface area contributed by atoms with Crippen molar-refractivity contribution in [3.05, 3.63) is 34.9 Å². The third-order valence-corrected chi connectivity index (χ3v) is 15.0. The second-order valence-electron chi connectivity index (χ2n) is 18.6. The first-order valence-corrected chi connectivity index (χ1v) is 22.9. The van der Waals surface area contributed by atoms with E-state index in [0.29, 0.717) is 5.56 Å². The number of halogens is 2. The van der Waals surface area contributed by atoms with Crippen LogP contribution in [0.5, 0.6) is 0 Å². The minimum Gasteiger partial charge on any atom is -0.205 e. The maximum absolute atomic E-state index is 15.7. The molecule has 1 aromatic rings. The van der Waals surface area contributed by atoms with Crippen LogP contribution in [-0.2, 0) is 0 Å². The molecule has 5 rings (SSSR count). The van der Waals surface area contributed by atoms with Crippen LogP contribution in [0.2, 0.25) is 0 Å². The van der Waals surface area contributed by atoms with Crippen LogP contribution >= 0.6 is 0 Å². The first kappa shape index (κ1) is 41.4. The average molecular weight is 715 g/mol. The van der Waals surface area contributed by atoms with Gasteiger partial charge < -0.3 is 0 Å². The van der Waals surface area contributed by atoms with Crippen molar-refractivity contribution in [3.8, 4) is 23.7 Å². The van der Waals surface area contributed by atoms with Crippen molar-refractivity contribution in [3.63, 3.8) is 0 Å². The van der Waals surface area contributed by atoms with Gasteiger partial charge in [-0.25, -0.2) is 8.78 Å². The molecule has 0 atom stereocenters. The summed E-state index contributed by atoms with van der Waals surface area (Å²) in [6, 6.07) is 2.94. The summed E-state index contributed by atoms with van der Waals surface area (Å²) in [7, 11) is 0. The summed E-state index contributed by atoms with van der Waals surface area (Å²) >= 11 is 0. The van der Waals surface area contributed by atoms with Gasteiger partial charge in [-0.05, 0) is 138 Å². The van der Waals surface area contributed by atoms with E-state index in [1.165, 1.54) is 147 Å². The van der Waals surface area contributed by atoms with Gasteiger partial charge >= 0.3 is 0 Å². The summed E-state index contributed by atoms with van der Waals surface area (Å²) in [6.45, 7) is 9.16. The zero-order valence-electron chi connectivity index (χ0n) is 34.2. The average Bonchev–Trinajstić information content (AvgIpc) is 3.16. The maximum atomic E-state index is 15.7. The molecule has 2 heteroatoms. The summed E-state index contributed by atoms with van der Waals surface area (Å²) < 4.78 is 31.4. The fourth-order valence-corrected chi connectivity index (χ4v) is 11.5. The lowest BCUT2D eigenvalue weighted by molar-refractivity contribution is 0.116. The fraction of sp³-hybridized carbons (Fsp3) is 0.800. The molecule has 0 aliphatic heterocycles. The Morgan fingerprint density at radius 1 is 0.500 bits per heavy atom. The van der Waals surface area contributed by atoms with Gasteiger partial charge in [0, 0.05) is 16.4 Å². The van der Waals surface area contributed by atoms with Crippen LogP contribution in [0.25, 0.3) is 0 Å². The molecule has 0 radical (unpaired) electrons. The predicted molar refractivity (Wildman–Crippen MR) is 218 cm³/mol. The van der Waals surface area contributed by atoms with Crippen LogP contribution in [0.15, 0.2) is 12.1 Å². The molecule has 0 heterocycles. The van der Waals surface area contributed by atoms with E-state index in [-0.39, 0.29) is 16.4 Å². The molecule has 52 heavy (non-hydrogen) atoms. The van der Waals surface area contributed by atoms with Crippen molar-refractivity contribution in [2.45, 2.75) is 207 Å². The quantitative estimate of drug-likeness (QED) is 0.133. The van der Waals surface area contributed by atoms with Crippen molar-refractivity contribution >= 4 is 0 Å². The zero-order chi connectivity index (χ0) is 36.8. The lowest BCUT2D eigenvalue weighted by Gasteiger charge is -2.41. The van der Waals surface area contributed by atoms with Gasteiger partial charge in [-0.3, -0.25) is 0 Å². The molecule has 4 aliphatic carbocycles. The molecule has 290 valence electrons. The van der Waals surface area contributed by atoms with Gasteiger partial charge in [0.05, 0.1) is 5.56 Å². The molecule has 0 spiro atoms. The SMILES string of the molecule is CCCCCC1(C#Cc2cc(F)c(C#CC3(CCCCC)CCC(C4CCC(CCC)CC4)CC3)c(F)c2)CCC(C2CCC(CCC)CC2)CC1. The number of hydrogen-bond donors (Lipinski definition) is 0. The van der Waals surface area contributed by atoms with Gasteiger partial charge in [-0.15, -0.1) is 0 Å². The van der Waals surface area contributed by atoms with Crippen molar-refractivity contribution in [1.29, 1.82) is 0 Å². The van der Waals surface area contributed by atoms with Gasteiger partial charge in [0.2, 0.25) is 0 Å². The number of unbranched alkanes of at least 4 members (excludes halogenated alkanes) is 4. The Hall–Kier alpha value is -1.80. The van der Waals surface area contributed by atoms with Crippen LogP contribution in [0.1, 0.15) is 219 Å². The summed E-state index contributed by atoms with van der Waals surface area (Å²) in [6.07, 6.45) is 35.5. The highest BCUT2D eigenvalue weighted by molar-refractivity contribution is 5.45. The third kappa shape index (κ3) is 11.6. The molecular weight excluding hydrogens is 639 g/mol. The first-order valence-electron chi connectivity index (χ1n) is 22.9. The molecule has 1 aromatic carbocycles. The fourth-order valence-electron chi connectivity index (χ4n) is 11.5. The maximum Gasteiger partial charge on any atom is 0.143 e. The minimum absolute atomic E-state index is 0.0188. The van der Waals surface area contributed by atoms with Crippen molar-refractivity contribution in [2.75, 3.05) is 0 Å². The Kier molecular flexibility index (Phi) is 16.5. The molecule has 0 amide bonds. The van der Waals surface area contributed by atoms with Crippen LogP contribution in [-0.4, -0.2) is 0 Å². The largest absolute Gasteiger partial charge is 0.205 e. The molecule has 0 aromatic heterocycles. The second-order valence-corrected chi connectivity index (χ2v) is 18.6. The van der Waals surface area contributed by atoms with E-state index in [0.717, 1.165) is 80.5 Å². The Morgan fingerprint density at radius 3 is 1.27 bits per heavy atom. The Morgan fingerprint density at radius 2 is 0.885 bits per heavy atom. The van der Waals surface area contributed by atoms with Crippen molar-refractivity contribution < 1.29 is 8.78 Å². The molecule has 4 aliphatic rings. The van der Waals surface area contributed by atoms with Gasteiger partial charge in [0.1, 0.15) is 11.6 Å². The molecule has 0 bridgehead atoms. The summed E-state index contributed by atoms with van der Waals surface area (Å²) in [4.78, 5) is 0. The first-order chi connectivity index (χ1) is 25.3. The predicted octanol–water partition coefficient (Wildman–Crippen LogP) is 15.4. The van der Waals surface area contributed by atoms with Crippen LogP contribution in [0, 0.1) is 81.7 Å². The van der Waals surface area contributed by atoms with Gasteiger partial charge in [0.25, 0.3) is 0 Å². The molecule has 4 fully saturated rings. The Labute approximate surface area is 320 Å². The lowest BCUT2D eigenvalue weighted by atomic mass is 9.63. The molecule has 0 N–H and O–H groups in total. The lowest BCUT2D eigenvalue weighted by Crippen LogP contribution is -2.31. The monoisotopic (exact) mass is 715 g/mol. The highest BCUT2D eigenvalue weighted by Crippen LogP contribution is 2.49.